The molecule has 148 valence electrons. The molecule has 0 aliphatic heterocycles. The van der Waals surface area contributed by atoms with Gasteiger partial charge in [0.2, 0.25) is 5.91 Å². The number of aromatic nitrogens is 2. The summed E-state index contributed by atoms with van der Waals surface area (Å²) in [6.07, 6.45) is 0.813. The van der Waals surface area contributed by atoms with Crippen molar-refractivity contribution in [2.75, 3.05) is 11.1 Å². The molecule has 1 heterocycles. The Kier molecular flexibility index (Phi) is 5.69. The zero-order valence-corrected chi connectivity index (χ0v) is 16.7. The molecular weight excluding hydrogens is 378 g/mol. The van der Waals surface area contributed by atoms with Gasteiger partial charge < -0.3 is 5.32 Å². The van der Waals surface area contributed by atoms with Crippen LogP contribution in [0.1, 0.15) is 20.3 Å². The van der Waals surface area contributed by atoms with E-state index < -0.39 is 9.84 Å². The van der Waals surface area contributed by atoms with Gasteiger partial charge in [-0.2, -0.15) is 0 Å². The van der Waals surface area contributed by atoms with Crippen LogP contribution in [0.25, 0.3) is 11.0 Å². The van der Waals surface area contributed by atoms with E-state index in [-0.39, 0.29) is 28.8 Å². The molecule has 1 aromatic heterocycles. The first-order chi connectivity index (χ1) is 13.4. The summed E-state index contributed by atoms with van der Waals surface area (Å²) in [6, 6.07) is 13.4. The summed E-state index contributed by atoms with van der Waals surface area (Å²) in [4.78, 5) is 25.4. The van der Waals surface area contributed by atoms with Gasteiger partial charge >= 0.3 is 5.69 Å². The Morgan fingerprint density at radius 3 is 2.14 bits per heavy atom. The average Bonchev–Trinajstić information content (AvgIpc) is 2.95. The number of carbonyl (C=O) groups excluding carboxylic acids is 1. The fourth-order valence-corrected chi connectivity index (χ4v) is 4.01. The quantitative estimate of drug-likeness (QED) is 0.659. The standard InChI is InChI=1S/C20H23N3O4S/c1-3-13-22-17-7-5-6-8-18(17)23(20(22)25)14-19(24)21-15-9-11-16(12-10-15)28(26,27)4-2/h5-12H,3-4,13-14H2,1-2H3,(H,21,24). The fraction of sp³-hybridized carbons (Fsp3) is 0.300. The van der Waals surface area contributed by atoms with Crippen molar-refractivity contribution in [3.63, 3.8) is 0 Å². The van der Waals surface area contributed by atoms with E-state index in [1.54, 1.807) is 23.6 Å². The maximum atomic E-state index is 12.7. The highest BCUT2D eigenvalue weighted by molar-refractivity contribution is 7.91. The lowest BCUT2D eigenvalue weighted by Crippen LogP contribution is -2.29. The van der Waals surface area contributed by atoms with Gasteiger partial charge in [-0.25, -0.2) is 13.2 Å². The van der Waals surface area contributed by atoms with Crippen LogP contribution in [0.4, 0.5) is 5.69 Å². The number of amides is 1. The Bertz CT molecular complexity index is 1160. The first-order valence-corrected chi connectivity index (χ1v) is 10.8. The molecular formula is C20H23N3O4S. The molecule has 28 heavy (non-hydrogen) atoms. The number of para-hydroxylation sites is 2. The average molecular weight is 401 g/mol. The number of sulfone groups is 1. The molecule has 0 saturated carbocycles. The van der Waals surface area contributed by atoms with E-state index in [2.05, 4.69) is 5.32 Å². The lowest BCUT2D eigenvalue weighted by atomic mass is 10.3. The number of fused-ring (bicyclic) bond motifs is 1. The molecule has 0 spiro atoms. The number of rotatable bonds is 7. The van der Waals surface area contributed by atoms with Gasteiger partial charge in [0.05, 0.1) is 21.7 Å². The number of anilines is 1. The van der Waals surface area contributed by atoms with Crippen LogP contribution in [-0.2, 0) is 27.7 Å². The number of hydrogen-bond donors (Lipinski definition) is 1. The molecule has 0 saturated heterocycles. The zero-order chi connectivity index (χ0) is 20.3. The smallest absolute Gasteiger partial charge is 0.325 e. The van der Waals surface area contributed by atoms with Gasteiger partial charge in [-0.15, -0.1) is 0 Å². The number of benzene rings is 2. The normalized spacial score (nSPS) is 11.6. The minimum Gasteiger partial charge on any atom is -0.325 e. The van der Waals surface area contributed by atoms with Gasteiger partial charge in [0, 0.05) is 12.2 Å². The summed E-state index contributed by atoms with van der Waals surface area (Å²) < 4.78 is 26.9. The second kappa shape index (κ2) is 8.02. The van der Waals surface area contributed by atoms with Crippen molar-refractivity contribution in [2.24, 2.45) is 0 Å². The molecule has 0 radical (unpaired) electrons. The second-order valence-electron chi connectivity index (χ2n) is 6.49. The molecule has 0 bridgehead atoms. The van der Waals surface area contributed by atoms with E-state index in [9.17, 15) is 18.0 Å². The zero-order valence-electron chi connectivity index (χ0n) is 15.9. The molecule has 0 atom stereocenters. The third-order valence-corrected chi connectivity index (χ3v) is 6.30. The van der Waals surface area contributed by atoms with Gasteiger partial charge in [-0.1, -0.05) is 26.0 Å². The van der Waals surface area contributed by atoms with E-state index >= 15 is 0 Å². The molecule has 1 N–H and O–H groups in total. The highest BCUT2D eigenvalue weighted by atomic mass is 32.2. The molecule has 8 heteroatoms. The summed E-state index contributed by atoms with van der Waals surface area (Å²) in [5.41, 5.74) is 1.77. The highest BCUT2D eigenvalue weighted by Crippen LogP contribution is 2.16. The fourth-order valence-electron chi connectivity index (χ4n) is 3.12. The van der Waals surface area contributed by atoms with Gasteiger partial charge in [-0.3, -0.25) is 13.9 Å². The third-order valence-electron chi connectivity index (χ3n) is 4.55. The Labute approximate surface area is 163 Å². The largest absolute Gasteiger partial charge is 0.329 e. The molecule has 1 amide bonds. The van der Waals surface area contributed by atoms with Crippen molar-refractivity contribution in [1.29, 1.82) is 0 Å². The number of nitrogens with one attached hydrogen (secondary N) is 1. The molecule has 7 nitrogen and oxygen atoms in total. The van der Waals surface area contributed by atoms with E-state index in [4.69, 9.17) is 0 Å². The topological polar surface area (TPSA) is 90.2 Å². The van der Waals surface area contributed by atoms with Crippen molar-refractivity contribution in [2.45, 2.75) is 38.3 Å². The first kappa shape index (κ1) is 19.9. The first-order valence-electron chi connectivity index (χ1n) is 9.18. The number of imidazole rings is 1. The van der Waals surface area contributed by atoms with Crippen molar-refractivity contribution in [3.05, 3.63) is 59.0 Å². The van der Waals surface area contributed by atoms with Crippen molar-refractivity contribution in [1.82, 2.24) is 9.13 Å². The Balaban J connectivity index is 1.82. The monoisotopic (exact) mass is 401 g/mol. The van der Waals surface area contributed by atoms with Crippen molar-refractivity contribution >= 4 is 32.5 Å². The molecule has 0 fully saturated rings. The molecule has 2 aromatic carbocycles. The summed E-state index contributed by atoms with van der Waals surface area (Å²) >= 11 is 0. The van der Waals surface area contributed by atoms with E-state index in [1.165, 1.54) is 16.7 Å². The molecule has 0 aliphatic carbocycles. The predicted molar refractivity (Wildman–Crippen MR) is 109 cm³/mol. The van der Waals surface area contributed by atoms with E-state index in [0.29, 0.717) is 17.7 Å². The van der Waals surface area contributed by atoms with Crippen LogP contribution in [-0.4, -0.2) is 29.2 Å². The van der Waals surface area contributed by atoms with Crippen LogP contribution in [0.2, 0.25) is 0 Å². The third kappa shape index (κ3) is 3.87. The van der Waals surface area contributed by atoms with Crippen LogP contribution in [0.5, 0.6) is 0 Å². The van der Waals surface area contributed by atoms with Crippen LogP contribution in [0, 0.1) is 0 Å². The predicted octanol–water partition coefficient (Wildman–Crippen LogP) is 2.65. The minimum absolute atomic E-state index is 0.0173. The van der Waals surface area contributed by atoms with Gasteiger partial charge in [0.1, 0.15) is 6.54 Å². The molecule has 3 rings (SSSR count). The van der Waals surface area contributed by atoms with Gasteiger partial charge in [0.25, 0.3) is 0 Å². The minimum atomic E-state index is -3.29. The van der Waals surface area contributed by atoms with Gasteiger partial charge in [-0.05, 0) is 42.8 Å². The van der Waals surface area contributed by atoms with Crippen molar-refractivity contribution < 1.29 is 13.2 Å². The van der Waals surface area contributed by atoms with Crippen LogP contribution in [0.15, 0.2) is 58.2 Å². The summed E-state index contributed by atoms with van der Waals surface area (Å²) in [6.45, 7) is 4.04. The number of carbonyl (C=O) groups is 1. The van der Waals surface area contributed by atoms with Crippen LogP contribution in [0.3, 0.4) is 0 Å². The van der Waals surface area contributed by atoms with Crippen molar-refractivity contribution in [3.8, 4) is 0 Å². The van der Waals surface area contributed by atoms with Crippen LogP contribution >= 0.6 is 0 Å². The second-order valence-corrected chi connectivity index (χ2v) is 8.76. The highest BCUT2D eigenvalue weighted by Gasteiger charge is 2.15. The SMILES string of the molecule is CCCn1c(=O)n(CC(=O)Nc2ccc(S(=O)(=O)CC)cc2)c2ccccc21. The Morgan fingerprint density at radius 1 is 0.964 bits per heavy atom. The lowest BCUT2D eigenvalue weighted by molar-refractivity contribution is -0.116. The molecule has 3 aromatic rings. The maximum Gasteiger partial charge on any atom is 0.329 e. The number of aryl methyl sites for hydroxylation is 1. The summed E-state index contributed by atoms with van der Waals surface area (Å²) in [7, 11) is -3.29. The summed E-state index contributed by atoms with van der Waals surface area (Å²) in [5.74, 6) is -0.337. The number of hydrogen-bond acceptors (Lipinski definition) is 4. The Morgan fingerprint density at radius 2 is 1.57 bits per heavy atom. The number of nitrogens with zero attached hydrogens (tertiary/aromatic N) is 2. The van der Waals surface area contributed by atoms with E-state index in [0.717, 1.165) is 11.9 Å². The lowest BCUT2D eigenvalue weighted by Gasteiger charge is -2.07. The Hall–Kier alpha value is -2.87. The van der Waals surface area contributed by atoms with Crippen LogP contribution < -0.4 is 11.0 Å². The van der Waals surface area contributed by atoms with Gasteiger partial charge in [0.15, 0.2) is 9.84 Å². The summed E-state index contributed by atoms with van der Waals surface area (Å²) in [5, 5.41) is 2.72. The maximum absolute atomic E-state index is 12.7. The van der Waals surface area contributed by atoms with E-state index in [1.807, 2.05) is 31.2 Å². The molecule has 0 aliphatic rings. The molecule has 0 unspecified atom stereocenters.